The zero-order valence-electron chi connectivity index (χ0n) is 16.5. The summed E-state index contributed by atoms with van der Waals surface area (Å²) in [4.78, 5) is 38.0. The van der Waals surface area contributed by atoms with Crippen LogP contribution in [0.5, 0.6) is 0 Å². The fraction of sp³-hybridized carbons (Fsp3) is 0.286. The lowest BCUT2D eigenvalue weighted by atomic mass is 10.1. The van der Waals surface area contributed by atoms with Gasteiger partial charge in [0.05, 0.1) is 12.7 Å². The number of amides is 2. The Morgan fingerprint density at radius 3 is 2.07 bits per heavy atom. The monoisotopic (exact) mass is 383 g/mol. The number of ether oxygens (including phenoxy) is 1. The van der Waals surface area contributed by atoms with Crippen molar-refractivity contribution in [3.8, 4) is 0 Å². The van der Waals surface area contributed by atoms with E-state index in [1.165, 1.54) is 31.4 Å². The molecule has 0 unspecified atom stereocenters. The molecule has 28 heavy (non-hydrogen) atoms. The van der Waals surface area contributed by atoms with E-state index in [0.717, 1.165) is 24.3 Å². The highest BCUT2D eigenvalue weighted by atomic mass is 16.5. The van der Waals surface area contributed by atoms with Crippen LogP contribution in [-0.2, 0) is 14.3 Å². The summed E-state index contributed by atoms with van der Waals surface area (Å²) < 4.78 is 4.62. The molecule has 7 heteroatoms. The minimum atomic E-state index is -0.793. The van der Waals surface area contributed by atoms with Crippen molar-refractivity contribution in [3.63, 3.8) is 0 Å². The molecule has 2 amide bonds. The Balaban J connectivity index is 2.02. The predicted molar refractivity (Wildman–Crippen MR) is 110 cm³/mol. The molecule has 0 aliphatic heterocycles. The van der Waals surface area contributed by atoms with Gasteiger partial charge in [-0.15, -0.1) is 0 Å². The maximum absolute atomic E-state index is 12.2. The van der Waals surface area contributed by atoms with Crippen LogP contribution >= 0.6 is 0 Å². The van der Waals surface area contributed by atoms with Gasteiger partial charge < -0.3 is 20.3 Å². The van der Waals surface area contributed by atoms with Crippen molar-refractivity contribution < 1.29 is 19.1 Å². The molecule has 0 aliphatic carbocycles. The van der Waals surface area contributed by atoms with E-state index >= 15 is 0 Å². The van der Waals surface area contributed by atoms with Gasteiger partial charge in [-0.2, -0.15) is 0 Å². The fourth-order valence-electron chi connectivity index (χ4n) is 2.75. The lowest BCUT2D eigenvalue weighted by Gasteiger charge is -2.22. The number of aryl methyl sites for hydroxylation is 1. The molecule has 0 radical (unpaired) electrons. The molecule has 0 atom stereocenters. The Hall–Kier alpha value is -3.35. The molecular formula is C21H25N3O4. The second kappa shape index (κ2) is 9.55. The van der Waals surface area contributed by atoms with Crippen LogP contribution in [0.15, 0.2) is 42.5 Å². The molecular weight excluding hydrogens is 358 g/mol. The third-order valence-corrected chi connectivity index (χ3v) is 4.36. The van der Waals surface area contributed by atoms with Crippen LogP contribution in [0, 0.1) is 6.92 Å². The number of nitrogens with one attached hydrogen (secondary N) is 2. The standard InChI is InChI=1S/C21H25N3O4/c1-5-24(6-2)17-11-12-18(14(3)13-17)23-20(26)19(25)22-16-9-7-15(8-10-16)21(27)28-4/h7-13H,5-6H2,1-4H3,(H,22,25)(H,23,26). The molecule has 0 saturated heterocycles. The topological polar surface area (TPSA) is 87.7 Å². The van der Waals surface area contributed by atoms with Crippen molar-refractivity contribution in [2.75, 3.05) is 35.7 Å². The first-order valence-electron chi connectivity index (χ1n) is 9.05. The number of methoxy groups -OCH3 is 1. The van der Waals surface area contributed by atoms with Crippen LogP contribution in [0.25, 0.3) is 0 Å². The molecule has 0 fully saturated rings. The molecule has 2 aromatic rings. The van der Waals surface area contributed by atoms with E-state index in [-0.39, 0.29) is 0 Å². The Morgan fingerprint density at radius 2 is 1.54 bits per heavy atom. The Morgan fingerprint density at radius 1 is 0.929 bits per heavy atom. The summed E-state index contributed by atoms with van der Waals surface area (Å²) >= 11 is 0. The molecule has 7 nitrogen and oxygen atoms in total. The van der Waals surface area contributed by atoms with Gasteiger partial charge in [0.1, 0.15) is 0 Å². The number of anilines is 3. The van der Waals surface area contributed by atoms with Crippen molar-refractivity contribution in [1.82, 2.24) is 0 Å². The molecule has 2 aromatic carbocycles. The number of carbonyl (C=O) groups is 3. The summed E-state index contributed by atoms with van der Waals surface area (Å²) in [7, 11) is 1.29. The number of hydrogen-bond donors (Lipinski definition) is 2. The highest BCUT2D eigenvalue weighted by molar-refractivity contribution is 6.43. The summed E-state index contributed by atoms with van der Waals surface area (Å²) in [6.45, 7) is 7.82. The molecule has 0 saturated carbocycles. The number of carbonyl (C=O) groups excluding carboxylic acids is 3. The van der Waals surface area contributed by atoms with Crippen molar-refractivity contribution in [2.24, 2.45) is 0 Å². The highest BCUT2D eigenvalue weighted by Crippen LogP contribution is 2.22. The molecule has 0 bridgehead atoms. The van der Waals surface area contributed by atoms with Crippen molar-refractivity contribution in [2.45, 2.75) is 20.8 Å². The molecule has 2 N–H and O–H groups in total. The van der Waals surface area contributed by atoms with Crippen molar-refractivity contribution in [1.29, 1.82) is 0 Å². The van der Waals surface area contributed by atoms with Gasteiger partial charge in [-0.1, -0.05) is 0 Å². The van der Waals surface area contributed by atoms with Gasteiger partial charge in [0.15, 0.2) is 0 Å². The third kappa shape index (κ3) is 5.09. The maximum atomic E-state index is 12.2. The van der Waals surface area contributed by atoms with E-state index in [2.05, 4.69) is 34.1 Å². The quantitative estimate of drug-likeness (QED) is 0.591. The summed E-state index contributed by atoms with van der Waals surface area (Å²) in [5.74, 6) is -2.03. The van der Waals surface area contributed by atoms with Crippen LogP contribution in [0.2, 0.25) is 0 Å². The first kappa shape index (κ1) is 21.0. The summed E-state index contributed by atoms with van der Waals surface area (Å²) in [6, 6.07) is 11.8. The number of hydrogen-bond acceptors (Lipinski definition) is 5. The van der Waals surface area contributed by atoms with Crippen LogP contribution in [0.1, 0.15) is 29.8 Å². The van der Waals surface area contributed by atoms with Gasteiger partial charge in [0, 0.05) is 30.2 Å². The first-order chi connectivity index (χ1) is 13.4. The van der Waals surface area contributed by atoms with Crippen LogP contribution in [0.3, 0.4) is 0 Å². The normalized spacial score (nSPS) is 10.1. The van der Waals surface area contributed by atoms with Gasteiger partial charge in [0.25, 0.3) is 0 Å². The first-order valence-corrected chi connectivity index (χ1v) is 9.05. The lowest BCUT2D eigenvalue weighted by molar-refractivity contribution is -0.133. The average Bonchev–Trinajstić information content (AvgIpc) is 2.70. The average molecular weight is 383 g/mol. The Bertz CT molecular complexity index is 858. The highest BCUT2D eigenvalue weighted by Gasteiger charge is 2.16. The van der Waals surface area contributed by atoms with Gasteiger partial charge >= 0.3 is 17.8 Å². The second-order valence-electron chi connectivity index (χ2n) is 6.15. The van der Waals surface area contributed by atoms with E-state index in [1.807, 2.05) is 19.1 Å². The summed E-state index contributed by atoms with van der Waals surface area (Å²) in [5, 5.41) is 5.13. The smallest absolute Gasteiger partial charge is 0.337 e. The Labute approximate surface area is 164 Å². The Kier molecular flexibility index (Phi) is 7.14. The number of benzene rings is 2. The fourth-order valence-corrected chi connectivity index (χ4v) is 2.75. The molecule has 0 aliphatic rings. The van der Waals surface area contributed by atoms with E-state index in [4.69, 9.17) is 0 Å². The molecule has 0 spiro atoms. The summed E-state index contributed by atoms with van der Waals surface area (Å²) in [5.41, 5.74) is 3.27. The van der Waals surface area contributed by atoms with E-state index in [1.54, 1.807) is 6.07 Å². The molecule has 0 aromatic heterocycles. The number of nitrogens with zero attached hydrogens (tertiary/aromatic N) is 1. The zero-order valence-corrected chi connectivity index (χ0v) is 16.5. The van der Waals surface area contributed by atoms with Gasteiger partial charge in [-0.3, -0.25) is 9.59 Å². The molecule has 0 heterocycles. The van der Waals surface area contributed by atoms with Gasteiger partial charge in [-0.25, -0.2) is 4.79 Å². The largest absolute Gasteiger partial charge is 0.465 e. The minimum Gasteiger partial charge on any atom is -0.465 e. The summed E-state index contributed by atoms with van der Waals surface area (Å²) in [6.07, 6.45) is 0. The van der Waals surface area contributed by atoms with Crippen LogP contribution in [-0.4, -0.2) is 38.0 Å². The van der Waals surface area contributed by atoms with Gasteiger partial charge in [0.2, 0.25) is 0 Å². The SMILES string of the molecule is CCN(CC)c1ccc(NC(=O)C(=O)Nc2ccc(C(=O)OC)cc2)c(C)c1. The van der Waals surface area contributed by atoms with E-state index in [9.17, 15) is 14.4 Å². The van der Waals surface area contributed by atoms with Crippen molar-refractivity contribution in [3.05, 3.63) is 53.6 Å². The number of esters is 1. The number of rotatable bonds is 6. The van der Waals surface area contributed by atoms with Crippen molar-refractivity contribution >= 4 is 34.8 Å². The van der Waals surface area contributed by atoms with Gasteiger partial charge in [-0.05, 0) is 68.8 Å². The van der Waals surface area contributed by atoms with E-state index in [0.29, 0.717) is 16.9 Å². The molecule has 148 valence electrons. The van der Waals surface area contributed by atoms with E-state index < -0.39 is 17.8 Å². The van der Waals surface area contributed by atoms with Crippen LogP contribution < -0.4 is 15.5 Å². The maximum Gasteiger partial charge on any atom is 0.337 e. The third-order valence-electron chi connectivity index (χ3n) is 4.36. The zero-order chi connectivity index (χ0) is 20.7. The predicted octanol–water partition coefficient (Wildman–Crippen LogP) is 3.21. The minimum absolute atomic E-state index is 0.355. The lowest BCUT2D eigenvalue weighted by Crippen LogP contribution is -2.29. The van der Waals surface area contributed by atoms with Crippen LogP contribution in [0.4, 0.5) is 17.1 Å². The second-order valence-corrected chi connectivity index (χ2v) is 6.15. The molecule has 2 rings (SSSR count).